The van der Waals surface area contributed by atoms with Crippen molar-refractivity contribution in [1.29, 1.82) is 0 Å². The summed E-state index contributed by atoms with van der Waals surface area (Å²) in [6.45, 7) is 0. The van der Waals surface area contributed by atoms with Crippen molar-refractivity contribution in [3.8, 4) is 0 Å². The number of hydrogen-bond acceptors (Lipinski definition) is 2. The fourth-order valence-corrected chi connectivity index (χ4v) is 2.08. The normalized spacial score (nSPS) is 12.9. The summed E-state index contributed by atoms with van der Waals surface area (Å²) >= 11 is 0. The number of carbonyl (C=O) groups is 2. The molecule has 1 amide bonds. The van der Waals surface area contributed by atoms with Crippen LogP contribution < -0.4 is 5.32 Å². The van der Waals surface area contributed by atoms with Crippen LogP contribution in [0.1, 0.15) is 20.7 Å². The number of amides is 1. The van der Waals surface area contributed by atoms with Gasteiger partial charge in [-0.05, 0) is 23.6 Å². The minimum atomic E-state index is -0.983. The predicted molar refractivity (Wildman–Crippen MR) is 58.9 cm³/mol. The number of rotatable bonds is 1. The van der Waals surface area contributed by atoms with Gasteiger partial charge < -0.3 is 10.4 Å². The minimum Gasteiger partial charge on any atom is -0.478 e. The molecule has 78 valence electrons. The van der Waals surface area contributed by atoms with E-state index in [2.05, 4.69) is 5.32 Å². The van der Waals surface area contributed by atoms with Gasteiger partial charge in [0.2, 0.25) is 0 Å². The molecule has 1 aliphatic heterocycles. The number of benzene rings is 2. The van der Waals surface area contributed by atoms with Gasteiger partial charge in [-0.3, -0.25) is 4.79 Å². The van der Waals surface area contributed by atoms with Gasteiger partial charge in [-0.15, -0.1) is 0 Å². The van der Waals surface area contributed by atoms with E-state index in [0.717, 1.165) is 0 Å². The minimum absolute atomic E-state index is 0.178. The topological polar surface area (TPSA) is 66.4 Å². The molecule has 1 aliphatic rings. The number of nitrogens with one attached hydrogen (secondary N) is 1. The average molecular weight is 213 g/mol. The monoisotopic (exact) mass is 213 g/mol. The number of carbonyl (C=O) groups excluding carboxylic acids is 1. The molecule has 0 saturated carbocycles. The molecule has 0 fully saturated rings. The lowest BCUT2D eigenvalue weighted by molar-refractivity contribution is 0.0698. The first kappa shape index (κ1) is 8.91. The molecule has 0 saturated heterocycles. The zero-order chi connectivity index (χ0) is 11.3. The van der Waals surface area contributed by atoms with Gasteiger partial charge in [0, 0.05) is 16.6 Å². The summed E-state index contributed by atoms with van der Waals surface area (Å²) in [5.41, 5.74) is 1.44. The number of carboxylic acid groups (broad SMARTS) is 1. The molecule has 3 rings (SSSR count). The van der Waals surface area contributed by atoms with Gasteiger partial charge in [-0.1, -0.05) is 12.1 Å². The van der Waals surface area contributed by atoms with Crippen LogP contribution >= 0.6 is 0 Å². The van der Waals surface area contributed by atoms with Gasteiger partial charge >= 0.3 is 5.97 Å². The van der Waals surface area contributed by atoms with Gasteiger partial charge in [0.15, 0.2) is 0 Å². The zero-order valence-corrected chi connectivity index (χ0v) is 8.15. The van der Waals surface area contributed by atoms with Crippen molar-refractivity contribution >= 4 is 28.3 Å². The third kappa shape index (κ3) is 0.982. The highest BCUT2D eigenvalue weighted by molar-refractivity contribution is 6.26. The molecule has 0 radical (unpaired) electrons. The fraction of sp³-hybridized carbons (Fsp3) is 0. The smallest absolute Gasteiger partial charge is 0.336 e. The second kappa shape index (κ2) is 2.82. The van der Waals surface area contributed by atoms with Crippen molar-refractivity contribution < 1.29 is 14.7 Å². The molecule has 1 heterocycles. The van der Waals surface area contributed by atoms with Gasteiger partial charge in [0.1, 0.15) is 0 Å². The van der Waals surface area contributed by atoms with E-state index in [-0.39, 0.29) is 11.5 Å². The number of carboxylic acids is 1. The Hall–Kier alpha value is -2.36. The number of aromatic carboxylic acids is 1. The summed E-state index contributed by atoms with van der Waals surface area (Å²) in [4.78, 5) is 22.6. The van der Waals surface area contributed by atoms with E-state index in [9.17, 15) is 9.59 Å². The zero-order valence-electron chi connectivity index (χ0n) is 8.15. The Labute approximate surface area is 90.5 Å². The first-order chi connectivity index (χ1) is 7.68. The van der Waals surface area contributed by atoms with Crippen LogP contribution in [-0.2, 0) is 0 Å². The van der Waals surface area contributed by atoms with Crippen LogP contribution in [0.25, 0.3) is 10.8 Å². The van der Waals surface area contributed by atoms with Crippen molar-refractivity contribution in [3.63, 3.8) is 0 Å². The molecule has 2 aromatic rings. The Morgan fingerprint density at radius 2 is 2.00 bits per heavy atom. The van der Waals surface area contributed by atoms with Crippen LogP contribution in [-0.4, -0.2) is 17.0 Å². The molecule has 16 heavy (non-hydrogen) atoms. The molecule has 4 heteroatoms. The Balaban J connectivity index is 2.51. The van der Waals surface area contributed by atoms with E-state index in [1.165, 1.54) is 6.07 Å². The second-order valence-corrected chi connectivity index (χ2v) is 3.65. The highest BCUT2D eigenvalue weighted by Gasteiger charge is 2.23. The summed E-state index contributed by atoms with van der Waals surface area (Å²) in [5.74, 6) is -1.16. The lowest BCUT2D eigenvalue weighted by Crippen LogP contribution is -2.04. The molecule has 0 bridgehead atoms. The second-order valence-electron chi connectivity index (χ2n) is 3.65. The first-order valence-electron chi connectivity index (χ1n) is 4.79. The Kier molecular flexibility index (Phi) is 1.57. The van der Waals surface area contributed by atoms with Crippen LogP contribution in [0.3, 0.4) is 0 Å². The summed E-state index contributed by atoms with van der Waals surface area (Å²) in [6, 6.07) is 8.24. The van der Waals surface area contributed by atoms with Gasteiger partial charge in [0.05, 0.1) is 5.56 Å². The van der Waals surface area contributed by atoms with Crippen molar-refractivity contribution in [2.24, 2.45) is 0 Å². The molecule has 4 nitrogen and oxygen atoms in total. The summed E-state index contributed by atoms with van der Waals surface area (Å²) < 4.78 is 0. The quantitative estimate of drug-likeness (QED) is 0.762. The van der Waals surface area contributed by atoms with E-state index in [1.807, 2.05) is 0 Å². The highest BCUT2D eigenvalue weighted by atomic mass is 16.4. The number of hydrogen-bond donors (Lipinski definition) is 2. The van der Waals surface area contributed by atoms with E-state index in [1.54, 1.807) is 24.3 Å². The van der Waals surface area contributed by atoms with E-state index < -0.39 is 5.97 Å². The average Bonchev–Trinajstić information content (AvgIpc) is 2.58. The Bertz CT molecular complexity index is 646. The van der Waals surface area contributed by atoms with E-state index >= 15 is 0 Å². The summed E-state index contributed by atoms with van der Waals surface area (Å²) in [7, 11) is 0. The SMILES string of the molecule is O=C(O)c1ccc2c3c(cccc13)NC2=O. The van der Waals surface area contributed by atoms with Crippen molar-refractivity contribution in [2.75, 3.05) is 5.32 Å². The molecule has 0 unspecified atom stereocenters. The van der Waals surface area contributed by atoms with Crippen molar-refractivity contribution in [2.45, 2.75) is 0 Å². The first-order valence-corrected chi connectivity index (χ1v) is 4.79. The van der Waals surface area contributed by atoms with Crippen LogP contribution in [0.4, 0.5) is 5.69 Å². The summed E-state index contributed by atoms with van der Waals surface area (Å²) in [6.07, 6.45) is 0. The van der Waals surface area contributed by atoms with E-state index in [4.69, 9.17) is 5.11 Å². The molecule has 0 atom stereocenters. The fourth-order valence-electron chi connectivity index (χ4n) is 2.08. The molecule has 2 aromatic carbocycles. The summed E-state index contributed by atoms with van der Waals surface area (Å²) in [5, 5.41) is 13.1. The van der Waals surface area contributed by atoms with Crippen LogP contribution in [0, 0.1) is 0 Å². The Morgan fingerprint density at radius 3 is 2.75 bits per heavy atom. The third-order valence-electron chi connectivity index (χ3n) is 2.76. The third-order valence-corrected chi connectivity index (χ3v) is 2.76. The molecule has 0 aliphatic carbocycles. The highest BCUT2D eigenvalue weighted by Crippen LogP contribution is 2.34. The maximum Gasteiger partial charge on any atom is 0.336 e. The molecular weight excluding hydrogens is 206 g/mol. The van der Waals surface area contributed by atoms with Gasteiger partial charge in [-0.25, -0.2) is 4.79 Å². The van der Waals surface area contributed by atoms with Crippen LogP contribution in [0.15, 0.2) is 30.3 Å². The lowest BCUT2D eigenvalue weighted by atomic mass is 10.0. The maximum atomic E-state index is 11.6. The molecular formula is C12H7NO3. The standard InChI is InChI=1S/C12H7NO3/c14-11-8-5-4-7(12(15)16)6-2-1-3-9(13-11)10(6)8/h1-5H,(H,13,14)(H,15,16). The largest absolute Gasteiger partial charge is 0.478 e. The molecule has 0 spiro atoms. The number of anilines is 1. The molecule has 0 aromatic heterocycles. The maximum absolute atomic E-state index is 11.6. The van der Waals surface area contributed by atoms with Gasteiger partial charge in [0.25, 0.3) is 5.91 Å². The van der Waals surface area contributed by atoms with Crippen molar-refractivity contribution in [3.05, 3.63) is 41.5 Å². The van der Waals surface area contributed by atoms with Gasteiger partial charge in [-0.2, -0.15) is 0 Å². The predicted octanol–water partition coefficient (Wildman–Crippen LogP) is 2.10. The van der Waals surface area contributed by atoms with Crippen molar-refractivity contribution in [1.82, 2.24) is 0 Å². The lowest BCUT2D eigenvalue weighted by Gasteiger charge is -2.02. The van der Waals surface area contributed by atoms with Crippen LogP contribution in [0.2, 0.25) is 0 Å². The Morgan fingerprint density at radius 1 is 1.19 bits per heavy atom. The van der Waals surface area contributed by atoms with E-state index in [0.29, 0.717) is 22.0 Å². The molecule has 2 N–H and O–H groups in total. The van der Waals surface area contributed by atoms with Crippen LogP contribution in [0.5, 0.6) is 0 Å².